The quantitative estimate of drug-likeness (QED) is 0.0638. The van der Waals surface area contributed by atoms with E-state index in [0.717, 1.165) is 148 Å². The van der Waals surface area contributed by atoms with Crippen LogP contribution in [0.25, 0.3) is 33.8 Å². The zero-order chi connectivity index (χ0) is 83.5. The highest BCUT2D eigenvalue weighted by molar-refractivity contribution is 7.90. The Bertz CT molecular complexity index is 4970. The van der Waals surface area contributed by atoms with Crippen molar-refractivity contribution >= 4 is 60.1 Å². The van der Waals surface area contributed by atoms with Gasteiger partial charge in [-0.25, -0.2) is 65.9 Å². The second kappa shape index (κ2) is 33.4. The van der Waals surface area contributed by atoms with E-state index < -0.39 is 127 Å². The van der Waals surface area contributed by atoms with Crippen LogP contribution in [0.1, 0.15) is 218 Å². The molecule has 6 aromatic rings. The number of sulfonamides is 6. The largest absolute Gasteiger partial charge is 0.417 e. The van der Waals surface area contributed by atoms with Gasteiger partial charge in [-0.3, -0.25) is 0 Å². The summed E-state index contributed by atoms with van der Waals surface area (Å²) in [7, 11) is -25.7. The maximum Gasteiger partial charge on any atom is 0.417 e. The summed E-state index contributed by atoms with van der Waals surface area (Å²) in [6, 6.07) is 13.2. The Balaban J connectivity index is 0.000000193. The SMILES string of the molecule is CCN(C(C)(C)C)S(=O)(=O)c1ccc(-c2cc(S(N)(=O)=O)c(C)n2CC2CCCCC2)cc1C(F)(F)F.Cc1c(S(N)(=O)=O)cc(-c2ccc(S(=O)(=O)N3CCCC3(C)C)c(C(F)(F)F)c2)n1CC1CCCCC1.Cc1c(S(N)(=O)=O)cc(-c2ccc(S(=O)(=O)N3CCCCC3(C)C)c(C(F)(F)F)c2)n1CC1CCCCC1. The number of nitrogens with two attached hydrogens (primary N) is 3. The lowest BCUT2D eigenvalue weighted by Gasteiger charge is -2.41. The highest BCUT2D eigenvalue weighted by atomic mass is 32.2. The van der Waals surface area contributed by atoms with Gasteiger partial charge in [0.25, 0.3) is 0 Å². The number of halogens is 9. The first-order valence-corrected chi connectivity index (χ1v) is 46.8. The second-order valence-corrected chi connectivity index (χ2v) is 42.8. The number of primary sulfonamides is 3. The molecule has 0 bridgehead atoms. The molecule has 5 heterocycles. The Morgan fingerprint density at radius 3 is 0.929 bits per heavy atom. The van der Waals surface area contributed by atoms with Gasteiger partial charge in [0.15, 0.2) is 0 Å². The molecule has 5 aliphatic rings. The summed E-state index contributed by atoms with van der Waals surface area (Å²) in [4.78, 5) is -2.89. The van der Waals surface area contributed by atoms with Crippen LogP contribution in [-0.2, 0) is 98.3 Å². The maximum absolute atomic E-state index is 14.4. The van der Waals surface area contributed by atoms with Gasteiger partial charge in [-0.2, -0.15) is 52.4 Å². The fourth-order valence-electron chi connectivity index (χ4n) is 17.0. The van der Waals surface area contributed by atoms with Crippen LogP contribution in [0.4, 0.5) is 39.5 Å². The minimum absolute atomic E-state index is 0.00790. The molecule has 5 fully saturated rings. The predicted molar refractivity (Wildman–Crippen MR) is 411 cm³/mol. The van der Waals surface area contributed by atoms with Crippen molar-refractivity contribution in [3.8, 4) is 33.8 Å². The van der Waals surface area contributed by atoms with Crippen molar-refractivity contribution in [3.05, 3.63) is 107 Å². The normalized spacial score (nSPS) is 18.9. The first-order valence-electron chi connectivity index (χ1n) is 37.9. The van der Waals surface area contributed by atoms with Crippen molar-refractivity contribution in [1.29, 1.82) is 0 Å². The molecule has 6 N–H and O–H groups in total. The summed E-state index contributed by atoms with van der Waals surface area (Å²) in [6.45, 7) is 19.6. The van der Waals surface area contributed by atoms with Gasteiger partial charge in [0, 0.05) is 90.0 Å². The molecule has 21 nitrogen and oxygen atoms in total. The number of benzene rings is 3. The third-order valence-electron chi connectivity index (χ3n) is 22.8. The number of hydrogen-bond donors (Lipinski definition) is 3. The highest BCUT2D eigenvalue weighted by Crippen LogP contribution is 2.47. The monoisotopic (exact) mass is 1700 g/mol. The van der Waals surface area contributed by atoms with Crippen molar-refractivity contribution < 1.29 is 90.0 Å². The molecule has 0 atom stereocenters. The van der Waals surface area contributed by atoms with Crippen molar-refractivity contribution in [1.82, 2.24) is 26.6 Å². The van der Waals surface area contributed by atoms with Crippen LogP contribution in [0.3, 0.4) is 0 Å². The van der Waals surface area contributed by atoms with Gasteiger partial charge >= 0.3 is 18.5 Å². The Morgan fingerprint density at radius 2 is 0.670 bits per heavy atom. The number of aromatic nitrogens is 3. The van der Waals surface area contributed by atoms with E-state index in [2.05, 4.69) is 0 Å². The van der Waals surface area contributed by atoms with Gasteiger partial charge in [-0.05, 0) is 222 Å². The molecule has 3 aromatic carbocycles. The van der Waals surface area contributed by atoms with Crippen molar-refractivity contribution in [3.63, 3.8) is 0 Å². The molecule has 36 heteroatoms. The van der Waals surface area contributed by atoms with Crippen molar-refractivity contribution in [2.24, 2.45) is 33.2 Å². The molecule has 0 unspecified atom stereocenters. The van der Waals surface area contributed by atoms with Gasteiger partial charge in [0.1, 0.15) is 14.7 Å². The van der Waals surface area contributed by atoms with E-state index in [9.17, 15) is 90.0 Å². The average Bonchev–Trinajstić information content (AvgIpc) is 1.01. The van der Waals surface area contributed by atoms with Gasteiger partial charge in [-0.1, -0.05) is 89.3 Å². The van der Waals surface area contributed by atoms with Crippen LogP contribution in [-0.4, -0.2) is 113 Å². The van der Waals surface area contributed by atoms with Crippen LogP contribution < -0.4 is 15.4 Å². The molecule has 11 rings (SSSR count). The van der Waals surface area contributed by atoms with Crippen LogP contribution in [0.5, 0.6) is 0 Å². The molecule has 0 spiro atoms. The summed E-state index contributed by atoms with van der Waals surface area (Å²) >= 11 is 0. The molecule has 3 saturated carbocycles. The summed E-state index contributed by atoms with van der Waals surface area (Å²) in [5, 5.41) is 16.3. The highest BCUT2D eigenvalue weighted by Gasteiger charge is 2.48. The lowest BCUT2D eigenvalue weighted by atomic mass is 9.89. The first-order chi connectivity index (χ1) is 51.4. The molecular formula is C76H106F9N9O12S6. The first kappa shape index (κ1) is 90.2. The number of alkyl halides is 9. The van der Waals surface area contributed by atoms with E-state index in [-0.39, 0.29) is 85.8 Å². The van der Waals surface area contributed by atoms with Gasteiger partial charge in [-0.15, -0.1) is 0 Å². The molecular weight excluding hydrogens is 1590 g/mol. The molecule has 0 radical (unpaired) electrons. The topological polar surface area (TPSA) is 307 Å². The number of hydrogen-bond acceptors (Lipinski definition) is 12. The van der Waals surface area contributed by atoms with Crippen LogP contribution in [0.2, 0.25) is 0 Å². The van der Waals surface area contributed by atoms with Gasteiger partial charge in [0.2, 0.25) is 60.1 Å². The summed E-state index contributed by atoms with van der Waals surface area (Å²) < 4.78 is 292. The molecule has 3 aromatic heterocycles. The average molecular weight is 1700 g/mol. The Morgan fingerprint density at radius 1 is 0.393 bits per heavy atom. The number of nitrogens with zero attached hydrogens (tertiary/aromatic N) is 6. The van der Waals surface area contributed by atoms with E-state index in [1.54, 1.807) is 89.9 Å². The number of piperidine rings is 1. The zero-order valence-corrected chi connectivity index (χ0v) is 70.1. The van der Waals surface area contributed by atoms with Crippen LogP contribution in [0, 0.1) is 38.5 Å². The smallest absolute Gasteiger partial charge is 0.343 e. The zero-order valence-electron chi connectivity index (χ0n) is 65.2. The van der Waals surface area contributed by atoms with E-state index in [4.69, 9.17) is 15.4 Å². The van der Waals surface area contributed by atoms with E-state index in [1.165, 1.54) is 40.7 Å². The standard InChI is InChI=1S/C26H36F3N3O4S2.C25H34F3N3O4S2.C25H36F3N3O4S2/c1-18-24(37(30,33)34)16-22(31(18)17-19-9-5-4-6-10-19)20-11-12-23(21(15-20)26(27,28)29)38(35,36)32-14-8-7-13-25(32,2)3;1-17-23(36(29,32)33)15-21(30(17)16-18-8-5-4-6-9-18)19-10-11-22(20(14-19)25(26,27)28)37(34,35)31-13-7-12-24(31,2)3;1-6-31(24(3,4)5)37(34,35)22-13-12-19(14-20(22)25(26,27)28)21-15-23(36(29,32)33)17(2)30(21)16-18-10-8-7-9-11-18/h11-12,15-16,19H,4-10,13-14,17H2,1-3H3,(H2,30,33,34);10-11,14-15,18H,4-9,12-13,16H2,1-3H3,(H2,29,32,33);12-15,18H,6-11,16H2,1-5H3,(H2,29,32,33). The molecule has 3 aliphatic carbocycles. The predicted octanol–water partition coefficient (Wildman–Crippen LogP) is 16.5. The Hall–Kier alpha value is -5.67. The molecule has 2 saturated heterocycles. The lowest BCUT2D eigenvalue weighted by Crippen LogP contribution is -2.50. The summed E-state index contributed by atoms with van der Waals surface area (Å²) in [6.07, 6.45) is 3.43. The summed E-state index contributed by atoms with van der Waals surface area (Å²) in [5.41, 5.74) is -4.30. The van der Waals surface area contributed by atoms with Crippen molar-refractivity contribution in [2.45, 2.75) is 289 Å². The molecule has 0 amide bonds. The molecule has 2 aliphatic heterocycles. The van der Waals surface area contributed by atoms with Crippen LogP contribution in [0.15, 0.2) is 102 Å². The lowest BCUT2D eigenvalue weighted by molar-refractivity contribution is -0.140. The third kappa shape index (κ3) is 19.9. The fourth-order valence-corrected chi connectivity index (χ4v) is 25.5. The van der Waals surface area contributed by atoms with Gasteiger partial charge in [0.05, 0.1) is 31.4 Å². The van der Waals surface area contributed by atoms with Crippen molar-refractivity contribution in [2.75, 3.05) is 19.6 Å². The van der Waals surface area contributed by atoms with E-state index in [0.29, 0.717) is 62.4 Å². The minimum Gasteiger partial charge on any atom is -0.343 e. The Kier molecular flexibility index (Phi) is 26.9. The summed E-state index contributed by atoms with van der Waals surface area (Å²) in [5.74, 6) is 0.759. The Labute approximate surface area is 654 Å². The van der Waals surface area contributed by atoms with E-state index >= 15 is 0 Å². The molecule has 626 valence electrons. The van der Waals surface area contributed by atoms with Crippen LogP contribution >= 0.6 is 0 Å². The minimum atomic E-state index is -4.96. The third-order valence-corrected chi connectivity index (χ3v) is 32.5. The number of rotatable bonds is 19. The van der Waals surface area contributed by atoms with E-state index in [1.807, 2.05) is 0 Å². The van der Waals surface area contributed by atoms with Gasteiger partial charge < -0.3 is 13.7 Å². The fraction of sp³-hybridized carbons (Fsp3) is 0.605. The second-order valence-electron chi connectivity index (χ2n) is 32.7. The maximum atomic E-state index is 14.4. The molecule has 112 heavy (non-hydrogen) atoms.